The number of pyridine rings is 1. The third-order valence-corrected chi connectivity index (χ3v) is 4.42. The van der Waals surface area contributed by atoms with E-state index in [9.17, 15) is 9.59 Å². The molecule has 0 atom stereocenters. The summed E-state index contributed by atoms with van der Waals surface area (Å²) < 4.78 is 5.46. The van der Waals surface area contributed by atoms with Gasteiger partial charge in [0.25, 0.3) is 5.91 Å². The lowest BCUT2D eigenvalue weighted by Crippen LogP contribution is -2.36. The molecule has 0 spiro atoms. The van der Waals surface area contributed by atoms with Gasteiger partial charge in [-0.3, -0.25) is 14.6 Å². The molecule has 0 saturated heterocycles. The van der Waals surface area contributed by atoms with Crippen LogP contribution in [0.5, 0.6) is 0 Å². The van der Waals surface area contributed by atoms with Crippen molar-refractivity contribution in [3.63, 3.8) is 0 Å². The van der Waals surface area contributed by atoms with Crippen LogP contribution in [0.2, 0.25) is 0 Å². The molecular weight excluding hydrogens is 368 g/mol. The molecule has 0 aliphatic carbocycles. The molecule has 2 aromatic carbocycles. The first kappa shape index (κ1) is 18.4. The van der Waals surface area contributed by atoms with Crippen LogP contribution in [0, 0.1) is 0 Å². The number of nitrogens with one attached hydrogen (secondary N) is 2. The van der Waals surface area contributed by atoms with Gasteiger partial charge in [0.1, 0.15) is 5.52 Å². The first-order valence-corrected chi connectivity index (χ1v) is 9.09. The molecule has 7 nitrogen and oxygen atoms in total. The zero-order chi connectivity index (χ0) is 20.1. The standard InChI is InChI=1S/C22H18N4O3/c27-20(24-13-15-8-10-23-11-9-15)14-25-22(28)17-6-7-19-18(12-17)21(29-26-19)16-4-2-1-3-5-16/h1-12H,13-14H2,(H,24,27)(H,25,28). The van der Waals surface area contributed by atoms with Crippen molar-refractivity contribution in [2.75, 3.05) is 6.54 Å². The number of benzene rings is 2. The molecule has 4 rings (SSSR count). The quantitative estimate of drug-likeness (QED) is 0.531. The molecule has 2 amide bonds. The van der Waals surface area contributed by atoms with Gasteiger partial charge in [0, 0.05) is 30.1 Å². The lowest BCUT2D eigenvalue weighted by Gasteiger charge is -2.07. The van der Waals surface area contributed by atoms with Gasteiger partial charge in [0.05, 0.1) is 11.9 Å². The highest BCUT2D eigenvalue weighted by atomic mass is 16.5. The molecule has 4 aromatic rings. The van der Waals surface area contributed by atoms with E-state index in [-0.39, 0.29) is 18.4 Å². The third-order valence-electron chi connectivity index (χ3n) is 4.42. The molecule has 0 fully saturated rings. The minimum Gasteiger partial charge on any atom is -0.355 e. The number of amides is 2. The zero-order valence-electron chi connectivity index (χ0n) is 15.5. The number of hydrogen-bond acceptors (Lipinski definition) is 5. The predicted molar refractivity (Wildman–Crippen MR) is 108 cm³/mol. The van der Waals surface area contributed by atoms with E-state index < -0.39 is 0 Å². The van der Waals surface area contributed by atoms with Crippen LogP contribution >= 0.6 is 0 Å². The highest BCUT2D eigenvalue weighted by Crippen LogP contribution is 2.29. The fourth-order valence-electron chi connectivity index (χ4n) is 2.91. The molecule has 2 aromatic heterocycles. The van der Waals surface area contributed by atoms with Crippen molar-refractivity contribution in [1.82, 2.24) is 20.8 Å². The maximum atomic E-state index is 12.5. The molecule has 0 saturated carbocycles. The average molecular weight is 386 g/mol. The molecule has 2 heterocycles. The van der Waals surface area contributed by atoms with Gasteiger partial charge in [0.15, 0.2) is 5.76 Å². The van der Waals surface area contributed by atoms with Crippen LogP contribution in [-0.2, 0) is 11.3 Å². The summed E-state index contributed by atoms with van der Waals surface area (Å²) >= 11 is 0. The lowest BCUT2D eigenvalue weighted by molar-refractivity contribution is -0.120. The Morgan fingerprint density at radius 2 is 1.72 bits per heavy atom. The SMILES string of the molecule is O=C(CNC(=O)c1ccc2noc(-c3ccccc3)c2c1)NCc1ccncc1. The molecule has 29 heavy (non-hydrogen) atoms. The minimum absolute atomic E-state index is 0.114. The Hall–Kier alpha value is -4.00. The van der Waals surface area contributed by atoms with Gasteiger partial charge in [0.2, 0.25) is 5.91 Å². The van der Waals surface area contributed by atoms with E-state index in [4.69, 9.17) is 4.52 Å². The summed E-state index contributed by atoms with van der Waals surface area (Å²) in [5.41, 5.74) is 2.91. The Kier molecular flexibility index (Phi) is 5.29. The highest BCUT2D eigenvalue weighted by Gasteiger charge is 2.14. The number of fused-ring (bicyclic) bond motifs is 1. The van der Waals surface area contributed by atoms with Crippen molar-refractivity contribution in [3.05, 3.63) is 84.2 Å². The summed E-state index contributed by atoms with van der Waals surface area (Å²) in [6.45, 7) is 0.265. The summed E-state index contributed by atoms with van der Waals surface area (Å²) in [6.07, 6.45) is 3.32. The van der Waals surface area contributed by atoms with Crippen LogP contribution in [0.25, 0.3) is 22.2 Å². The molecule has 0 aliphatic rings. The van der Waals surface area contributed by atoms with Crippen molar-refractivity contribution >= 4 is 22.7 Å². The van der Waals surface area contributed by atoms with Crippen LogP contribution < -0.4 is 10.6 Å². The van der Waals surface area contributed by atoms with E-state index in [0.717, 1.165) is 16.5 Å². The van der Waals surface area contributed by atoms with E-state index in [1.54, 1.807) is 30.6 Å². The Bertz CT molecular complexity index is 1140. The van der Waals surface area contributed by atoms with E-state index in [2.05, 4.69) is 20.8 Å². The summed E-state index contributed by atoms with van der Waals surface area (Å²) in [7, 11) is 0. The largest absolute Gasteiger partial charge is 0.355 e. The van der Waals surface area contributed by atoms with Gasteiger partial charge >= 0.3 is 0 Å². The van der Waals surface area contributed by atoms with E-state index >= 15 is 0 Å². The molecule has 0 unspecified atom stereocenters. The summed E-state index contributed by atoms with van der Waals surface area (Å²) in [5, 5.41) is 10.2. The van der Waals surface area contributed by atoms with E-state index in [1.807, 2.05) is 42.5 Å². The second-order valence-corrected chi connectivity index (χ2v) is 6.42. The van der Waals surface area contributed by atoms with E-state index in [0.29, 0.717) is 23.4 Å². The van der Waals surface area contributed by atoms with Crippen molar-refractivity contribution in [1.29, 1.82) is 0 Å². The fourth-order valence-corrected chi connectivity index (χ4v) is 2.91. The predicted octanol–water partition coefficient (Wildman–Crippen LogP) is 2.94. The monoisotopic (exact) mass is 386 g/mol. The topological polar surface area (TPSA) is 97.1 Å². The molecule has 0 radical (unpaired) electrons. The van der Waals surface area contributed by atoms with Crippen LogP contribution in [0.3, 0.4) is 0 Å². The van der Waals surface area contributed by atoms with Crippen molar-refractivity contribution < 1.29 is 14.1 Å². The summed E-state index contributed by atoms with van der Waals surface area (Å²) in [5.74, 6) is -0.0114. The molecule has 144 valence electrons. The number of carbonyl (C=O) groups is 2. The highest BCUT2D eigenvalue weighted by molar-refractivity contribution is 6.01. The first-order valence-electron chi connectivity index (χ1n) is 9.09. The minimum atomic E-state index is -0.342. The first-order chi connectivity index (χ1) is 14.2. The lowest BCUT2D eigenvalue weighted by atomic mass is 10.1. The molecule has 0 bridgehead atoms. The Morgan fingerprint density at radius 3 is 2.52 bits per heavy atom. The normalized spacial score (nSPS) is 10.6. The molecule has 0 aliphatic heterocycles. The average Bonchev–Trinajstić information content (AvgIpc) is 3.20. The Morgan fingerprint density at radius 1 is 0.931 bits per heavy atom. The van der Waals surface area contributed by atoms with Crippen LogP contribution in [0.1, 0.15) is 15.9 Å². The third kappa shape index (κ3) is 4.30. The zero-order valence-corrected chi connectivity index (χ0v) is 15.5. The summed E-state index contributed by atoms with van der Waals surface area (Å²) in [6, 6.07) is 18.3. The maximum Gasteiger partial charge on any atom is 0.251 e. The number of hydrogen-bond donors (Lipinski definition) is 2. The molecule has 2 N–H and O–H groups in total. The summed E-state index contributed by atoms with van der Waals surface area (Å²) in [4.78, 5) is 28.4. The van der Waals surface area contributed by atoms with Crippen LogP contribution in [-0.4, -0.2) is 28.5 Å². The number of rotatable bonds is 6. The Balaban J connectivity index is 1.41. The van der Waals surface area contributed by atoms with Gasteiger partial charge in [-0.2, -0.15) is 0 Å². The van der Waals surface area contributed by atoms with E-state index in [1.165, 1.54) is 0 Å². The molecular formula is C22H18N4O3. The Labute approximate surface area is 166 Å². The van der Waals surface area contributed by atoms with Crippen molar-refractivity contribution in [2.24, 2.45) is 0 Å². The second kappa shape index (κ2) is 8.35. The van der Waals surface area contributed by atoms with Crippen molar-refractivity contribution in [3.8, 4) is 11.3 Å². The van der Waals surface area contributed by atoms with Gasteiger partial charge in [-0.05, 0) is 35.9 Å². The number of aromatic nitrogens is 2. The maximum absolute atomic E-state index is 12.5. The number of carbonyl (C=O) groups excluding carboxylic acids is 2. The van der Waals surface area contributed by atoms with Crippen LogP contribution in [0.15, 0.2) is 77.6 Å². The van der Waals surface area contributed by atoms with Gasteiger partial charge in [-0.15, -0.1) is 0 Å². The van der Waals surface area contributed by atoms with Gasteiger partial charge < -0.3 is 15.2 Å². The number of nitrogens with zero attached hydrogens (tertiary/aromatic N) is 2. The fraction of sp³-hybridized carbons (Fsp3) is 0.0909. The van der Waals surface area contributed by atoms with Crippen molar-refractivity contribution in [2.45, 2.75) is 6.54 Å². The second-order valence-electron chi connectivity index (χ2n) is 6.42. The van der Waals surface area contributed by atoms with Crippen LogP contribution in [0.4, 0.5) is 0 Å². The molecule has 7 heteroatoms. The van der Waals surface area contributed by atoms with Gasteiger partial charge in [-0.25, -0.2) is 0 Å². The smallest absolute Gasteiger partial charge is 0.251 e. The van der Waals surface area contributed by atoms with Gasteiger partial charge in [-0.1, -0.05) is 35.5 Å².